The van der Waals surface area contributed by atoms with Crippen molar-refractivity contribution in [1.29, 1.82) is 0 Å². The molecule has 0 saturated heterocycles. The molecule has 0 bridgehead atoms. The maximum atomic E-state index is 12.8. The average molecular weight is 250 g/mol. The molecule has 0 N–H and O–H groups in total. The third-order valence-corrected chi connectivity index (χ3v) is 5.39. The van der Waals surface area contributed by atoms with Gasteiger partial charge >= 0.3 is 9.08 Å². The van der Waals surface area contributed by atoms with Gasteiger partial charge in [0.15, 0.2) is 0 Å². The van der Waals surface area contributed by atoms with E-state index in [9.17, 15) is 21.1 Å². The summed E-state index contributed by atoms with van der Waals surface area (Å²) in [6.45, 7) is -0.544. The van der Waals surface area contributed by atoms with E-state index in [2.05, 4.69) is 0 Å². The van der Waals surface area contributed by atoms with Crippen LogP contribution in [0.1, 0.15) is 12.8 Å². The fourth-order valence-corrected chi connectivity index (χ4v) is 4.76. The predicted octanol–water partition coefficient (Wildman–Crippen LogP) is 2.93. The van der Waals surface area contributed by atoms with Gasteiger partial charge in [-0.15, -0.1) is 0 Å². The van der Waals surface area contributed by atoms with Gasteiger partial charge in [-0.2, -0.15) is 0 Å². The highest BCUT2D eigenvalue weighted by Crippen LogP contribution is 2.18. The van der Waals surface area contributed by atoms with E-state index in [0.717, 1.165) is 0 Å². The van der Waals surface area contributed by atoms with Gasteiger partial charge in [0.2, 0.25) is 0 Å². The highest BCUT2D eigenvalue weighted by Gasteiger charge is 2.35. The summed E-state index contributed by atoms with van der Waals surface area (Å²) in [5, 5.41) is 0. The van der Waals surface area contributed by atoms with Crippen molar-refractivity contribution in [2.45, 2.75) is 37.1 Å². The van der Waals surface area contributed by atoms with Gasteiger partial charge in [-0.25, -0.2) is 16.7 Å². The Labute approximate surface area is 84.2 Å². The van der Waals surface area contributed by atoms with Crippen molar-refractivity contribution in [3.05, 3.63) is 0 Å². The van der Waals surface area contributed by atoms with Crippen LogP contribution in [-0.4, -0.2) is 31.4 Å². The van der Waals surface area contributed by atoms with E-state index in [-0.39, 0.29) is 24.9 Å². The molecule has 7 heteroatoms. The standard InChI is InChI=1S/C7H15F5Si2/c8-3-1-2-7(9)6-13-4-5-14(10,11)12/h7H,1-6,13H2. The molecule has 0 amide bonds. The van der Waals surface area contributed by atoms with Gasteiger partial charge in [0.25, 0.3) is 0 Å². The number of halogens is 5. The topological polar surface area (TPSA) is 0 Å². The van der Waals surface area contributed by atoms with Crippen molar-refractivity contribution in [2.75, 3.05) is 6.67 Å². The summed E-state index contributed by atoms with van der Waals surface area (Å²) in [4.78, 5) is 0. The molecule has 1 unspecified atom stereocenters. The van der Waals surface area contributed by atoms with Crippen LogP contribution >= 0.6 is 0 Å². The molecule has 0 rings (SSSR count). The molecule has 86 valence electrons. The fourth-order valence-electron chi connectivity index (χ4n) is 1.13. The number of alkyl halides is 2. The Morgan fingerprint density at radius 2 is 1.86 bits per heavy atom. The summed E-state index contributed by atoms with van der Waals surface area (Å²) in [6.07, 6.45) is -0.733. The van der Waals surface area contributed by atoms with E-state index >= 15 is 0 Å². The highest BCUT2D eigenvalue weighted by molar-refractivity contribution is 6.59. The first-order chi connectivity index (χ1) is 6.45. The Bertz CT molecular complexity index is 139. The summed E-state index contributed by atoms with van der Waals surface area (Å²) >= 11 is 0. The third-order valence-electron chi connectivity index (χ3n) is 1.88. The van der Waals surface area contributed by atoms with Gasteiger partial charge in [-0.3, -0.25) is 4.39 Å². The van der Waals surface area contributed by atoms with Crippen molar-refractivity contribution in [1.82, 2.24) is 0 Å². The summed E-state index contributed by atoms with van der Waals surface area (Å²) < 4.78 is 59.8. The molecule has 0 aromatic rings. The molecular weight excluding hydrogens is 235 g/mol. The predicted molar refractivity (Wildman–Crippen MR) is 52.1 cm³/mol. The van der Waals surface area contributed by atoms with E-state index in [1.807, 2.05) is 0 Å². The smallest absolute Gasteiger partial charge is 0.251 e. The second-order valence-corrected chi connectivity index (χ2v) is 7.01. The van der Waals surface area contributed by atoms with Crippen molar-refractivity contribution < 1.29 is 21.1 Å². The lowest BCUT2D eigenvalue weighted by atomic mass is 10.2. The average Bonchev–Trinajstić information content (AvgIpc) is 2.07. The minimum atomic E-state index is -5.40. The first-order valence-electron chi connectivity index (χ1n) is 4.72. The molecule has 14 heavy (non-hydrogen) atoms. The molecule has 0 radical (unpaired) electrons. The molecule has 0 aliphatic carbocycles. The minimum Gasteiger partial charge on any atom is -0.251 e. The normalized spacial score (nSPS) is 15.2. The Morgan fingerprint density at radius 1 is 1.21 bits per heavy atom. The Kier molecular flexibility index (Phi) is 7.43. The number of hydrogen-bond acceptors (Lipinski definition) is 0. The van der Waals surface area contributed by atoms with Crippen molar-refractivity contribution in [2.24, 2.45) is 0 Å². The summed E-state index contributed by atoms with van der Waals surface area (Å²) in [5.74, 6) is 0. The lowest BCUT2D eigenvalue weighted by Gasteiger charge is -2.06. The van der Waals surface area contributed by atoms with Crippen LogP contribution in [0.2, 0.25) is 18.1 Å². The maximum Gasteiger partial charge on any atom is 0.615 e. The number of rotatable bonds is 8. The van der Waals surface area contributed by atoms with Crippen LogP contribution in [0.4, 0.5) is 21.1 Å². The quantitative estimate of drug-likeness (QED) is 0.269. The molecule has 0 aromatic heterocycles. The van der Waals surface area contributed by atoms with Crippen LogP contribution in [-0.2, 0) is 0 Å². The summed E-state index contributed by atoms with van der Waals surface area (Å²) in [6, 6.07) is -0.231. The van der Waals surface area contributed by atoms with Gasteiger partial charge in [0.1, 0.15) is 0 Å². The lowest BCUT2D eigenvalue weighted by Crippen LogP contribution is -2.15. The first-order valence-corrected chi connectivity index (χ1v) is 8.56. The van der Waals surface area contributed by atoms with E-state index < -0.39 is 37.5 Å². The Hall–Kier alpha value is 0.0838. The second kappa shape index (κ2) is 7.39. The van der Waals surface area contributed by atoms with Gasteiger partial charge < -0.3 is 0 Å². The third kappa shape index (κ3) is 10.2. The van der Waals surface area contributed by atoms with Crippen LogP contribution in [0.5, 0.6) is 0 Å². The van der Waals surface area contributed by atoms with Gasteiger partial charge in [-0.05, 0) is 18.9 Å². The van der Waals surface area contributed by atoms with E-state index in [1.54, 1.807) is 0 Å². The molecule has 0 saturated carbocycles. The molecule has 0 aliphatic heterocycles. The monoisotopic (exact) mass is 250 g/mol. The molecule has 0 aromatic carbocycles. The van der Waals surface area contributed by atoms with Gasteiger partial charge in [0.05, 0.1) is 12.8 Å². The molecular formula is C7H15F5Si2. The zero-order valence-corrected chi connectivity index (χ0v) is 10.3. The van der Waals surface area contributed by atoms with E-state index in [4.69, 9.17) is 0 Å². The van der Waals surface area contributed by atoms with Gasteiger partial charge in [0, 0.05) is 15.6 Å². The summed E-state index contributed by atoms with van der Waals surface area (Å²) in [7, 11) is -6.33. The maximum absolute atomic E-state index is 12.8. The molecule has 0 aliphatic rings. The van der Waals surface area contributed by atoms with Crippen LogP contribution in [0.3, 0.4) is 0 Å². The lowest BCUT2D eigenvalue weighted by molar-refractivity contribution is 0.316. The molecule has 0 fully saturated rings. The Balaban J connectivity index is 3.27. The van der Waals surface area contributed by atoms with Crippen LogP contribution in [0.25, 0.3) is 0 Å². The SMILES string of the molecule is FCCCC(F)C[SiH2]CC[Si](F)(F)F. The largest absolute Gasteiger partial charge is 0.615 e. The van der Waals surface area contributed by atoms with Crippen LogP contribution < -0.4 is 0 Å². The fraction of sp³-hybridized carbons (Fsp3) is 1.00. The molecule has 1 atom stereocenters. The summed E-state index contributed by atoms with van der Waals surface area (Å²) in [5.41, 5.74) is 0. The number of hydrogen-bond donors (Lipinski definition) is 0. The van der Waals surface area contributed by atoms with Gasteiger partial charge in [-0.1, -0.05) is 6.04 Å². The zero-order chi connectivity index (χ0) is 11.0. The van der Waals surface area contributed by atoms with Crippen LogP contribution in [0.15, 0.2) is 0 Å². The highest BCUT2D eigenvalue weighted by atomic mass is 28.5. The van der Waals surface area contributed by atoms with Crippen molar-refractivity contribution in [3.8, 4) is 0 Å². The Morgan fingerprint density at radius 3 is 2.36 bits per heavy atom. The molecule has 0 heterocycles. The minimum absolute atomic E-state index is 0.158. The van der Waals surface area contributed by atoms with Crippen molar-refractivity contribution in [3.63, 3.8) is 0 Å². The van der Waals surface area contributed by atoms with Crippen LogP contribution in [0, 0.1) is 0 Å². The first kappa shape index (κ1) is 14.1. The second-order valence-electron chi connectivity index (χ2n) is 3.29. The van der Waals surface area contributed by atoms with E-state index in [1.165, 1.54) is 0 Å². The zero-order valence-electron chi connectivity index (χ0n) is 7.92. The molecule has 0 nitrogen and oxygen atoms in total. The van der Waals surface area contributed by atoms with Crippen molar-refractivity contribution >= 4 is 18.6 Å². The van der Waals surface area contributed by atoms with E-state index in [0.29, 0.717) is 0 Å². The molecule has 0 spiro atoms.